The van der Waals surface area contributed by atoms with Crippen molar-refractivity contribution in [3.05, 3.63) is 0 Å². The maximum Gasteiger partial charge on any atom is 0.158 e. The molecule has 0 radical (unpaired) electrons. The summed E-state index contributed by atoms with van der Waals surface area (Å²) in [7, 11) is 0. The summed E-state index contributed by atoms with van der Waals surface area (Å²) < 4.78 is 10.7. The van der Waals surface area contributed by atoms with Crippen molar-refractivity contribution >= 4 is 0 Å². The van der Waals surface area contributed by atoms with Crippen molar-refractivity contribution in [2.45, 2.75) is 51.8 Å². The quantitative estimate of drug-likeness (QED) is 0.619. The molecule has 0 aromatic rings. The van der Waals surface area contributed by atoms with Crippen molar-refractivity contribution in [3.63, 3.8) is 0 Å². The van der Waals surface area contributed by atoms with E-state index >= 15 is 0 Å². The van der Waals surface area contributed by atoms with Gasteiger partial charge in [-0.15, -0.1) is 0 Å². The predicted octanol–water partition coefficient (Wildman–Crippen LogP) is 0.907. The van der Waals surface area contributed by atoms with E-state index in [1.165, 1.54) is 0 Å². The lowest BCUT2D eigenvalue weighted by Crippen LogP contribution is -2.47. The zero-order chi connectivity index (χ0) is 8.43. The zero-order valence-corrected chi connectivity index (χ0v) is 7.28. The third kappa shape index (κ3) is 1.92. The molecule has 0 aromatic heterocycles. The molecule has 4 atom stereocenters. The Morgan fingerprint density at radius 2 is 1.64 bits per heavy atom. The first-order valence-corrected chi connectivity index (χ1v) is 4.14. The van der Waals surface area contributed by atoms with Crippen LogP contribution in [0.5, 0.6) is 0 Å². The summed E-state index contributed by atoms with van der Waals surface area (Å²) in [4.78, 5) is 0. The fourth-order valence-corrected chi connectivity index (χ4v) is 1.25. The van der Waals surface area contributed by atoms with Crippen LogP contribution in [-0.2, 0) is 9.47 Å². The monoisotopic (exact) mass is 160 g/mol. The fourth-order valence-electron chi connectivity index (χ4n) is 1.25. The maximum atomic E-state index is 9.41. The molecular formula is C8H16O3. The molecule has 1 fully saturated rings. The van der Waals surface area contributed by atoms with Crippen LogP contribution in [0, 0.1) is 0 Å². The summed E-state index contributed by atoms with van der Waals surface area (Å²) in [5.74, 6) is 0. The van der Waals surface area contributed by atoms with Gasteiger partial charge in [-0.3, -0.25) is 0 Å². The van der Waals surface area contributed by atoms with Gasteiger partial charge in [0.25, 0.3) is 0 Å². The molecule has 0 spiro atoms. The second kappa shape index (κ2) is 3.52. The Labute approximate surface area is 67.3 Å². The van der Waals surface area contributed by atoms with Crippen LogP contribution in [-0.4, -0.2) is 29.7 Å². The SMILES string of the molecule is CCC1O[C@@H](C)C(O)[C@@H](C)O1. The van der Waals surface area contributed by atoms with Gasteiger partial charge < -0.3 is 14.6 Å². The highest BCUT2D eigenvalue weighted by atomic mass is 16.7. The molecule has 1 N–H and O–H groups in total. The summed E-state index contributed by atoms with van der Waals surface area (Å²) in [6.45, 7) is 5.74. The Kier molecular flexibility index (Phi) is 2.87. The Bertz CT molecular complexity index is 115. The first kappa shape index (κ1) is 8.97. The average Bonchev–Trinajstić information content (AvgIpc) is 1.99. The van der Waals surface area contributed by atoms with Crippen LogP contribution in [0.1, 0.15) is 27.2 Å². The number of hydrogen-bond acceptors (Lipinski definition) is 3. The molecule has 1 aliphatic heterocycles. The van der Waals surface area contributed by atoms with E-state index in [0.29, 0.717) is 0 Å². The molecule has 11 heavy (non-hydrogen) atoms. The minimum Gasteiger partial charge on any atom is -0.388 e. The van der Waals surface area contributed by atoms with Crippen molar-refractivity contribution in [2.75, 3.05) is 0 Å². The maximum absolute atomic E-state index is 9.41. The molecule has 0 saturated carbocycles. The molecule has 0 aromatic carbocycles. The zero-order valence-electron chi connectivity index (χ0n) is 7.28. The third-order valence-corrected chi connectivity index (χ3v) is 2.03. The van der Waals surface area contributed by atoms with Gasteiger partial charge in [0.2, 0.25) is 0 Å². The highest BCUT2D eigenvalue weighted by molar-refractivity contribution is 4.75. The van der Waals surface area contributed by atoms with Crippen molar-refractivity contribution in [2.24, 2.45) is 0 Å². The van der Waals surface area contributed by atoms with Crippen LogP contribution in [0.15, 0.2) is 0 Å². The van der Waals surface area contributed by atoms with E-state index in [0.717, 1.165) is 6.42 Å². The molecule has 0 bridgehead atoms. The van der Waals surface area contributed by atoms with Gasteiger partial charge in [0.1, 0.15) is 6.10 Å². The molecule has 3 nitrogen and oxygen atoms in total. The topological polar surface area (TPSA) is 38.7 Å². The first-order chi connectivity index (χ1) is 5.15. The Balaban J connectivity index is 2.47. The Hall–Kier alpha value is -0.120. The number of ether oxygens (including phenoxy) is 2. The molecule has 3 heteroatoms. The number of hydrogen-bond donors (Lipinski definition) is 1. The molecule has 1 heterocycles. The molecular weight excluding hydrogens is 144 g/mol. The van der Waals surface area contributed by atoms with Gasteiger partial charge in [0.15, 0.2) is 6.29 Å². The number of rotatable bonds is 1. The van der Waals surface area contributed by atoms with Crippen molar-refractivity contribution in [1.82, 2.24) is 0 Å². The van der Waals surface area contributed by atoms with Crippen molar-refractivity contribution < 1.29 is 14.6 Å². The molecule has 2 unspecified atom stereocenters. The first-order valence-electron chi connectivity index (χ1n) is 4.14. The average molecular weight is 160 g/mol. The number of aliphatic hydroxyl groups excluding tert-OH is 1. The predicted molar refractivity (Wildman–Crippen MR) is 41.2 cm³/mol. The van der Waals surface area contributed by atoms with Gasteiger partial charge in [0.05, 0.1) is 12.2 Å². The van der Waals surface area contributed by atoms with Crippen LogP contribution in [0.3, 0.4) is 0 Å². The lowest BCUT2D eigenvalue weighted by Gasteiger charge is -2.36. The van der Waals surface area contributed by atoms with Crippen molar-refractivity contribution in [1.29, 1.82) is 0 Å². The van der Waals surface area contributed by atoms with E-state index in [9.17, 15) is 5.11 Å². The molecule has 1 saturated heterocycles. The molecule has 0 amide bonds. The smallest absolute Gasteiger partial charge is 0.158 e. The summed E-state index contributed by atoms with van der Waals surface area (Å²) in [6.07, 6.45) is -0.00454. The van der Waals surface area contributed by atoms with Crippen LogP contribution in [0.2, 0.25) is 0 Å². The van der Waals surface area contributed by atoms with E-state index in [4.69, 9.17) is 9.47 Å². The fraction of sp³-hybridized carbons (Fsp3) is 1.00. The van der Waals surface area contributed by atoms with Gasteiger partial charge in [-0.2, -0.15) is 0 Å². The minimum atomic E-state index is -0.488. The summed E-state index contributed by atoms with van der Waals surface area (Å²) in [5.41, 5.74) is 0. The molecule has 66 valence electrons. The Morgan fingerprint density at radius 3 is 2.00 bits per heavy atom. The Morgan fingerprint density at radius 1 is 1.18 bits per heavy atom. The standard InChI is InChI=1S/C8H16O3/c1-4-7-10-5(2)8(9)6(3)11-7/h5-9H,4H2,1-3H3/t5-,6+,7?,8?. The van der Waals surface area contributed by atoms with Gasteiger partial charge in [-0.05, 0) is 20.3 Å². The molecule has 0 aliphatic carbocycles. The van der Waals surface area contributed by atoms with Gasteiger partial charge in [-0.25, -0.2) is 0 Å². The van der Waals surface area contributed by atoms with E-state index in [-0.39, 0.29) is 18.5 Å². The van der Waals surface area contributed by atoms with Crippen LogP contribution >= 0.6 is 0 Å². The highest BCUT2D eigenvalue weighted by Crippen LogP contribution is 2.19. The molecule has 1 aliphatic rings. The van der Waals surface area contributed by atoms with E-state index in [2.05, 4.69) is 0 Å². The lowest BCUT2D eigenvalue weighted by atomic mass is 10.1. The lowest BCUT2D eigenvalue weighted by molar-refractivity contribution is -0.275. The van der Waals surface area contributed by atoms with E-state index in [1.807, 2.05) is 20.8 Å². The summed E-state index contributed by atoms with van der Waals surface area (Å²) >= 11 is 0. The van der Waals surface area contributed by atoms with Crippen molar-refractivity contribution in [3.8, 4) is 0 Å². The minimum absolute atomic E-state index is 0.108. The normalized spacial score (nSPS) is 45.8. The van der Waals surface area contributed by atoms with E-state index < -0.39 is 6.10 Å². The van der Waals surface area contributed by atoms with Crippen LogP contribution in [0.4, 0.5) is 0 Å². The van der Waals surface area contributed by atoms with Gasteiger partial charge in [-0.1, -0.05) is 6.92 Å². The molecule has 1 rings (SSSR count). The summed E-state index contributed by atoms with van der Waals surface area (Å²) in [6, 6.07) is 0. The van der Waals surface area contributed by atoms with Gasteiger partial charge in [0, 0.05) is 0 Å². The summed E-state index contributed by atoms with van der Waals surface area (Å²) in [5, 5.41) is 9.41. The number of aliphatic hydroxyl groups is 1. The van der Waals surface area contributed by atoms with Crippen LogP contribution < -0.4 is 0 Å². The van der Waals surface area contributed by atoms with Gasteiger partial charge >= 0.3 is 0 Å². The second-order valence-electron chi connectivity index (χ2n) is 3.01. The third-order valence-electron chi connectivity index (χ3n) is 2.03. The largest absolute Gasteiger partial charge is 0.388 e. The van der Waals surface area contributed by atoms with E-state index in [1.54, 1.807) is 0 Å². The second-order valence-corrected chi connectivity index (χ2v) is 3.01. The van der Waals surface area contributed by atoms with Crippen LogP contribution in [0.25, 0.3) is 0 Å². The highest BCUT2D eigenvalue weighted by Gasteiger charge is 2.31.